The monoisotopic (exact) mass is 583 g/mol. The van der Waals surface area contributed by atoms with Crippen LogP contribution in [0.5, 0.6) is 0 Å². The fourth-order valence-electron chi connectivity index (χ4n) is 8.08. The Bertz CT molecular complexity index is 1370. The molecule has 1 aromatic carbocycles. The van der Waals surface area contributed by atoms with Crippen LogP contribution in [0.25, 0.3) is 0 Å². The SMILES string of the molecule is CS(=O)(=O)N1CCC(NC2[C@@H]3CC4C[C@H]2CC(CNc2nc(NCc5ccccc5Cl)ncc2C#N)(C4)C3)CC1. The van der Waals surface area contributed by atoms with Crippen LogP contribution < -0.4 is 16.0 Å². The zero-order valence-electron chi connectivity index (χ0n) is 22.9. The van der Waals surface area contributed by atoms with Crippen LogP contribution in [-0.4, -0.2) is 60.7 Å². The molecule has 4 aliphatic carbocycles. The summed E-state index contributed by atoms with van der Waals surface area (Å²) in [7, 11) is -3.10. The summed E-state index contributed by atoms with van der Waals surface area (Å²) in [5.41, 5.74) is 1.63. The Morgan fingerprint density at radius 1 is 1.12 bits per heavy atom. The molecule has 1 aliphatic heterocycles. The molecule has 2 heterocycles. The number of hydrogen-bond donors (Lipinski definition) is 3. The van der Waals surface area contributed by atoms with Gasteiger partial charge in [-0.1, -0.05) is 29.8 Å². The number of piperidine rings is 1. The van der Waals surface area contributed by atoms with E-state index in [1.165, 1.54) is 38.4 Å². The van der Waals surface area contributed by atoms with E-state index in [1.54, 1.807) is 10.5 Å². The number of halogens is 1. The molecular weight excluding hydrogens is 546 g/mol. The van der Waals surface area contributed by atoms with E-state index in [2.05, 4.69) is 32.0 Å². The van der Waals surface area contributed by atoms with Gasteiger partial charge in [-0.15, -0.1) is 0 Å². The average Bonchev–Trinajstić information content (AvgIpc) is 2.93. The van der Waals surface area contributed by atoms with Crippen molar-refractivity contribution in [2.45, 2.75) is 63.6 Å². The van der Waals surface area contributed by atoms with Gasteiger partial charge in [0.05, 0.1) is 12.5 Å². The highest BCUT2D eigenvalue weighted by Crippen LogP contribution is 2.60. The highest BCUT2D eigenvalue weighted by molar-refractivity contribution is 7.88. The van der Waals surface area contributed by atoms with Crippen molar-refractivity contribution in [3.8, 4) is 6.07 Å². The molecule has 3 unspecified atom stereocenters. The maximum absolute atomic E-state index is 11.9. The topological polar surface area (TPSA) is 123 Å². The first-order chi connectivity index (χ1) is 19.2. The van der Waals surface area contributed by atoms with Crippen molar-refractivity contribution in [1.82, 2.24) is 19.6 Å². The second-order valence-corrected chi connectivity index (χ2v) is 14.9. The minimum atomic E-state index is -3.10. The van der Waals surface area contributed by atoms with Crippen LogP contribution in [0.15, 0.2) is 30.5 Å². The zero-order chi connectivity index (χ0) is 27.9. The molecule has 7 rings (SSSR count). The van der Waals surface area contributed by atoms with E-state index < -0.39 is 10.0 Å². The van der Waals surface area contributed by atoms with E-state index in [0.29, 0.717) is 65.9 Å². The van der Waals surface area contributed by atoms with Gasteiger partial charge in [0, 0.05) is 43.3 Å². The molecule has 9 nitrogen and oxygen atoms in total. The van der Waals surface area contributed by atoms with Crippen molar-refractivity contribution >= 4 is 33.4 Å². The molecular formula is C29H38ClN7O2S. The third kappa shape index (κ3) is 5.80. The number of aromatic nitrogens is 2. The molecule has 5 atom stereocenters. The van der Waals surface area contributed by atoms with Gasteiger partial charge in [-0.05, 0) is 79.7 Å². The molecule has 214 valence electrons. The van der Waals surface area contributed by atoms with Crippen LogP contribution in [0.3, 0.4) is 0 Å². The van der Waals surface area contributed by atoms with Crippen LogP contribution in [0.4, 0.5) is 11.8 Å². The molecule has 0 radical (unpaired) electrons. The quantitative estimate of drug-likeness (QED) is 0.401. The lowest BCUT2D eigenvalue weighted by atomic mass is 9.48. The average molecular weight is 584 g/mol. The first kappa shape index (κ1) is 27.7. The van der Waals surface area contributed by atoms with E-state index in [-0.39, 0.29) is 5.41 Å². The number of nitriles is 1. The molecule has 3 N–H and O–H groups in total. The third-order valence-electron chi connectivity index (χ3n) is 9.69. The van der Waals surface area contributed by atoms with E-state index in [4.69, 9.17) is 11.6 Å². The van der Waals surface area contributed by atoms with Gasteiger partial charge in [-0.3, -0.25) is 0 Å². The zero-order valence-corrected chi connectivity index (χ0v) is 24.5. The number of hydrogen-bond acceptors (Lipinski definition) is 8. The van der Waals surface area contributed by atoms with E-state index >= 15 is 0 Å². The lowest BCUT2D eigenvalue weighted by Gasteiger charge is -2.61. The minimum Gasteiger partial charge on any atom is -0.368 e. The van der Waals surface area contributed by atoms with Crippen LogP contribution >= 0.6 is 11.6 Å². The predicted molar refractivity (Wildman–Crippen MR) is 156 cm³/mol. The van der Waals surface area contributed by atoms with Gasteiger partial charge in [-0.2, -0.15) is 10.2 Å². The van der Waals surface area contributed by atoms with Gasteiger partial charge < -0.3 is 16.0 Å². The second kappa shape index (κ2) is 11.1. The van der Waals surface area contributed by atoms with E-state index in [9.17, 15) is 13.7 Å². The van der Waals surface area contributed by atoms with Gasteiger partial charge in [0.2, 0.25) is 16.0 Å². The Kier molecular flexibility index (Phi) is 7.68. The highest BCUT2D eigenvalue weighted by atomic mass is 35.5. The van der Waals surface area contributed by atoms with E-state index in [0.717, 1.165) is 30.9 Å². The summed E-state index contributed by atoms with van der Waals surface area (Å²) in [5.74, 6) is 3.11. The molecule has 40 heavy (non-hydrogen) atoms. The normalized spacial score (nSPS) is 30.2. The van der Waals surface area contributed by atoms with Crippen molar-refractivity contribution in [1.29, 1.82) is 5.26 Å². The lowest BCUT2D eigenvalue weighted by Crippen LogP contribution is -2.62. The molecule has 5 fully saturated rings. The molecule has 1 saturated heterocycles. The van der Waals surface area contributed by atoms with Crippen molar-refractivity contribution < 1.29 is 8.42 Å². The number of sulfonamides is 1. The molecule has 0 spiro atoms. The molecule has 2 aromatic rings. The van der Waals surface area contributed by atoms with Crippen molar-refractivity contribution in [3.63, 3.8) is 0 Å². The summed E-state index contributed by atoms with van der Waals surface area (Å²) < 4.78 is 25.4. The first-order valence-corrected chi connectivity index (χ1v) is 16.6. The summed E-state index contributed by atoms with van der Waals surface area (Å²) >= 11 is 6.29. The van der Waals surface area contributed by atoms with Gasteiger partial charge in [0.25, 0.3) is 0 Å². The van der Waals surface area contributed by atoms with Gasteiger partial charge in [0.1, 0.15) is 17.5 Å². The Labute approximate surface area is 242 Å². The van der Waals surface area contributed by atoms with Crippen LogP contribution in [0.2, 0.25) is 5.02 Å². The standard InChI is InChI=1S/C29H38ClN7O2S/c1-40(38,39)37-8-6-24(7-9-37)35-26-21-10-19-11-22(26)14-29(12-19,13-21)18-34-27-23(15-31)17-33-28(36-27)32-16-20-4-2-3-5-25(20)30/h2-5,17,19,21-22,24,26,35H,6-14,16,18H2,1H3,(H2,32,33,34,36)/t19?,21-,22+,26?,29?. The maximum atomic E-state index is 11.9. The van der Waals surface area contributed by atoms with Crippen molar-refractivity contribution in [2.75, 3.05) is 36.5 Å². The number of nitrogens with one attached hydrogen (secondary N) is 3. The number of anilines is 2. The first-order valence-electron chi connectivity index (χ1n) is 14.4. The number of benzene rings is 1. The maximum Gasteiger partial charge on any atom is 0.224 e. The van der Waals surface area contributed by atoms with Crippen molar-refractivity contribution in [3.05, 3.63) is 46.6 Å². The molecule has 4 bridgehead atoms. The van der Waals surface area contributed by atoms with Gasteiger partial charge >= 0.3 is 0 Å². The molecule has 5 aliphatic rings. The smallest absolute Gasteiger partial charge is 0.224 e. The predicted octanol–water partition coefficient (Wildman–Crippen LogP) is 4.23. The summed E-state index contributed by atoms with van der Waals surface area (Å²) in [6.07, 6.45) is 10.8. The van der Waals surface area contributed by atoms with Gasteiger partial charge in [0.15, 0.2) is 0 Å². The van der Waals surface area contributed by atoms with Crippen molar-refractivity contribution in [2.24, 2.45) is 23.2 Å². The van der Waals surface area contributed by atoms with Gasteiger partial charge in [-0.25, -0.2) is 17.7 Å². The van der Waals surface area contributed by atoms with E-state index in [1.807, 2.05) is 24.3 Å². The molecule has 0 amide bonds. The number of rotatable bonds is 9. The third-order valence-corrected chi connectivity index (χ3v) is 11.4. The summed E-state index contributed by atoms with van der Waals surface area (Å²) in [6, 6.07) is 10.8. The number of nitrogens with zero attached hydrogens (tertiary/aromatic N) is 4. The summed E-state index contributed by atoms with van der Waals surface area (Å²) in [4.78, 5) is 9.00. The Balaban J connectivity index is 1.08. The minimum absolute atomic E-state index is 0.219. The second-order valence-electron chi connectivity index (χ2n) is 12.5. The largest absolute Gasteiger partial charge is 0.368 e. The molecule has 1 aromatic heterocycles. The summed E-state index contributed by atoms with van der Waals surface area (Å²) in [5, 5.41) is 21.2. The highest BCUT2D eigenvalue weighted by Gasteiger charge is 2.55. The molecule has 4 saturated carbocycles. The Morgan fingerprint density at radius 2 is 1.85 bits per heavy atom. The fraction of sp³-hybridized carbons (Fsp3) is 0.621. The molecule has 11 heteroatoms. The fourth-order valence-corrected chi connectivity index (χ4v) is 9.16. The summed E-state index contributed by atoms with van der Waals surface area (Å²) in [6.45, 7) is 2.54. The van der Waals surface area contributed by atoms with Crippen LogP contribution in [0, 0.1) is 34.5 Å². The Morgan fingerprint density at radius 3 is 2.52 bits per heavy atom. The Hall–Kier alpha value is -2.45. The lowest BCUT2D eigenvalue weighted by molar-refractivity contribution is -0.0730. The van der Waals surface area contributed by atoms with Crippen LogP contribution in [0.1, 0.15) is 56.1 Å². The van der Waals surface area contributed by atoms with Crippen LogP contribution in [-0.2, 0) is 16.6 Å².